The number of pyridine rings is 1. The normalized spacial score (nSPS) is 14.1. The molecule has 0 spiro atoms. The summed E-state index contributed by atoms with van der Waals surface area (Å²) in [4.78, 5) is 62.5. The second kappa shape index (κ2) is 10.8. The molecule has 0 aliphatic carbocycles. The Morgan fingerprint density at radius 3 is 2.67 bits per heavy atom. The molecule has 0 saturated carbocycles. The number of nitrogens with one attached hydrogen (secondary N) is 3. The number of fused-ring (bicyclic) bond motifs is 1. The van der Waals surface area contributed by atoms with E-state index >= 15 is 0 Å². The monoisotopic (exact) mass is 537 g/mol. The fraction of sp³-hybridized carbons (Fsp3) is 0.400. The van der Waals surface area contributed by atoms with Crippen LogP contribution < -0.4 is 16.0 Å². The molecule has 0 fully saturated rings. The summed E-state index contributed by atoms with van der Waals surface area (Å²) in [6, 6.07) is 2.12. The molecule has 33 heavy (non-hydrogen) atoms. The highest BCUT2D eigenvalue weighted by Gasteiger charge is 2.27. The number of aromatic nitrogens is 2. The SMILES string of the molecule is CN1CCc2nc(C(=O)NC(CNC(=O)C(=O)Nc3ccc(Br)cn3)C(=O)N(C)C)sc2C1. The van der Waals surface area contributed by atoms with Gasteiger partial charge < -0.3 is 25.8 Å². The Kier molecular flexibility index (Phi) is 8.10. The van der Waals surface area contributed by atoms with Crippen LogP contribution in [-0.2, 0) is 27.3 Å². The second-order valence-electron chi connectivity index (χ2n) is 7.66. The lowest BCUT2D eigenvalue weighted by molar-refractivity contribution is -0.136. The first-order chi connectivity index (χ1) is 15.6. The molecule has 4 amide bonds. The first kappa shape index (κ1) is 24.7. The van der Waals surface area contributed by atoms with Gasteiger partial charge in [-0.3, -0.25) is 19.2 Å². The number of carbonyl (C=O) groups excluding carboxylic acids is 4. The zero-order valence-corrected chi connectivity index (χ0v) is 20.7. The van der Waals surface area contributed by atoms with Crippen molar-refractivity contribution in [1.29, 1.82) is 0 Å². The zero-order valence-electron chi connectivity index (χ0n) is 18.3. The number of nitrogens with zero attached hydrogens (tertiary/aromatic N) is 4. The number of anilines is 1. The van der Waals surface area contributed by atoms with Crippen LogP contribution in [0.4, 0.5) is 5.82 Å². The van der Waals surface area contributed by atoms with Crippen molar-refractivity contribution in [1.82, 2.24) is 30.4 Å². The molecule has 13 heteroatoms. The molecular formula is C20H24BrN7O4S. The number of likely N-dealkylation sites (N-methyl/N-ethyl adjacent to an activating group) is 2. The molecule has 3 N–H and O–H groups in total. The maximum Gasteiger partial charge on any atom is 0.314 e. The van der Waals surface area contributed by atoms with E-state index in [2.05, 4.69) is 46.7 Å². The Balaban J connectivity index is 1.62. The smallest absolute Gasteiger partial charge is 0.314 e. The maximum atomic E-state index is 12.8. The van der Waals surface area contributed by atoms with Crippen molar-refractivity contribution in [2.75, 3.05) is 39.5 Å². The van der Waals surface area contributed by atoms with Crippen molar-refractivity contribution in [2.24, 2.45) is 0 Å². The van der Waals surface area contributed by atoms with E-state index in [1.807, 2.05) is 7.05 Å². The van der Waals surface area contributed by atoms with Gasteiger partial charge in [-0.05, 0) is 35.1 Å². The van der Waals surface area contributed by atoms with Crippen molar-refractivity contribution >= 4 is 56.7 Å². The van der Waals surface area contributed by atoms with Crippen LogP contribution >= 0.6 is 27.3 Å². The quantitative estimate of drug-likeness (QED) is 0.448. The first-order valence-electron chi connectivity index (χ1n) is 10.0. The lowest BCUT2D eigenvalue weighted by Gasteiger charge is -2.21. The molecule has 176 valence electrons. The zero-order chi connectivity index (χ0) is 24.1. The summed E-state index contributed by atoms with van der Waals surface area (Å²) in [5.74, 6) is -2.64. The van der Waals surface area contributed by atoms with E-state index in [0.717, 1.165) is 34.6 Å². The summed E-state index contributed by atoms with van der Waals surface area (Å²) in [7, 11) is 5.07. The minimum atomic E-state index is -1.07. The van der Waals surface area contributed by atoms with E-state index in [4.69, 9.17) is 0 Å². The summed E-state index contributed by atoms with van der Waals surface area (Å²) in [6.45, 7) is 1.32. The van der Waals surface area contributed by atoms with Gasteiger partial charge in [0, 0.05) is 55.7 Å². The van der Waals surface area contributed by atoms with Gasteiger partial charge in [0.1, 0.15) is 11.9 Å². The molecule has 0 radical (unpaired) electrons. The fourth-order valence-electron chi connectivity index (χ4n) is 3.05. The minimum absolute atomic E-state index is 0.200. The highest BCUT2D eigenvalue weighted by molar-refractivity contribution is 9.10. The number of carbonyl (C=O) groups is 4. The number of amides is 4. The van der Waals surface area contributed by atoms with Crippen LogP contribution in [0.2, 0.25) is 0 Å². The van der Waals surface area contributed by atoms with Crippen LogP contribution in [0.25, 0.3) is 0 Å². The summed E-state index contributed by atoms with van der Waals surface area (Å²) < 4.78 is 0.721. The van der Waals surface area contributed by atoms with Crippen LogP contribution in [0.3, 0.4) is 0 Å². The third-order valence-electron chi connectivity index (χ3n) is 4.80. The van der Waals surface area contributed by atoms with Crippen molar-refractivity contribution in [3.8, 4) is 0 Å². The van der Waals surface area contributed by atoms with E-state index in [1.54, 1.807) is 6.07 Å². The van der Waals surface area contributed by atoms with Crippen LogP contribution in [0.5, 0.6) is 0 Å². The molecule has 1 unspecified atom stereocenters. The standard InChI is InChI=1S/C20H24BrN7O4S/c1-27(2)20(32)13(9-23-16(29)17(30)26-15-5-4-11(21)8-22-15)24-18(31)19-25-12-6-7-28(3)10-14(12)33-19/h4-5,8,13H,6-7,9-10H2,1-3H3,(H,23,29)(H,24,31)(H,22,26,30). The van der Waals surface area contributed by atoms with Crippen molar-refractivity contribution in [3.05, 3.63) is 38.4 Å². The molecule has 0 saturated heterocycles. The highest BCUT2D eigenvalue weighted by atomic mass is 79.9. The average molecular weight is 538 g/mol. The van der Waals surface area contributed by atoms with E-state index in [9.17, 15) is 19.2 Å². The van der Waals surface area contributed by atoms with E-state index < -0.39 is 29.7 Å². The van der Waals surface area contributed by atoms with Gasteiger partial charge in [0.05, 0.1) is 5.69 Å². The van der Waals surface area contributed by atoms with Gasteiger partial charge in [-0.1, -0.05) is 0 Å². The lowest BCUT2D eigenvalue weighted by atomic mass is 10.2. The Labute approximate surface area is 203 Å². The topological polar surface area (TPSA) is 137 Å². The van der Waals surface area contributed by atoms with Gasteiger partial charge >= 0.3 is 11.8 Å². The predicted octanol–water partition coefficient (Wildman–Crippen LogP) is 0.230. The average Bonchev–Trinajstić information content (AvgIpc) is 3.20. The van der Waals surface area contributed by atoms with Crippen LogP contribution in [0, 0.1) is 0 Å². The number of hydrogen-bond acceptors (Lipinski definition) is 8. The number of rotatable bonds is 6. The van der Waals surface area contributed by atoms with Crippen LogP contribution in [-0.4, -0.2) is 83.7 Å². The Morgan fingerprint density at radius 1 is 1.24 bits per heavy atom. The van der Waals surface area contributed by atoms with Crippen molar-refractivity contribution < 1.29 is 19.2 Å². The highest BCUT2D eigenvalue weighted by Crippen LogP contribution is 2.24. The molecule has 0 bridgehead atoms. The molecular weight excluding hydrogens is 514 g/mol. The maximum absolute atomic E-state index is 12.8. The van der Waals surface area contributed by atoms with E-state index in [0.29, 0.717) is 0 Å². The first-order valence-corrected chi connectivity index (χ1v) is 11.6. The fourth-order valence-corrected chi connectivity index (χ4v) is 4.38. The molecule has 1 aliphatic rings. The number of thiazole rings is 1. The summed E-state index contributed by atoms with van der Waals surface area (Å²) >= 11 is 4.52. The Bertz CT molecular complexity index is 1060. The largest absolute Gasteiger partial charge is 0.347 e. The van der Waals surface area contributed by atoms with Crippen LogP contribution in [0.1, 0.15) is 20.4 Å². The van der Waals surface area contributed by atoms with Gasteiger partial charge in [-0.2, -0.15) is 0 Å². The Hall–Kier alpha value is -2.90. The van der Waals surface area contributed by atoms with Gasteiger partial charge in [0.15, 0.2) is 5.01 Å². The van der Waals surface area contributed by atoms with E-state index in [1.165, 1.54) is 42.6 Å². The molecule has 2 aromatic heterocycles. The summed E-state index contributed by atoms with van der Waals surface area (Å²) in [5, 5.41) is 7.64. The molecule has 3 rings (SSSR count). The molecule has 1 atom stereocenters. The van der Waals surface area contributed by atoms with Gasteiger partial charge in [0.2, 0.25) is 5.91 Å². The molecule has 1 aliphatic heterocycles. The Morgan fingerprint density at radius 2 is 2.00 bits per heavy atom. The number of halogens is 1. The minimum Gasteiger partial charge on any atom is -0.347 e. The van der Waals surface area contributed by atoms with Gasteiger partial charge in [-0.15, -0.1) is 11.3 Å². The van der Waals surface area contributed by atoms with E-state index in [-0.39, 0.29) is 17.4 Å². The third kappa shape index (κ3) is 6.55. The lowest BCUT2D eigenvalue weighted by Crippen LogP contribution is -2.53. The molecule has 3 heterocycles. The van der Waals surface area contributed by atoms with Crippen molar-refractivity contribution in [3.63, 3.8) is 0 Å². The second-order valence-corrected chi connectivity index (χ2v) is 9.66. The summed E-state index contributed by atoms with van der Waals surface area (Å²) in [5.41, 5.74) is 0.894. The molecule has 11 nitrogen and oxygen atoms in total. The van der Waals surface area contributed by atoms with Gasteiger partial charge in [-0.25, -0.2) is 9.97 Å². The van der Waals surface area contributed by atoms with Crippen LogP contribution in [0.15, 0.2) is 22.8 Å². The number of hydrogen-bond donors (Lipinski definition) is 3. The summed E-state index contributed by atoms with van der Waals surface area (Å²) in [6.07, 6.45) is 2.23. The third-order valence-corrected chi connectivity index (χ3v) is 6.35. The predicted molar refractivity (Wildman–Crippen MR) is 126 cm³/mol. The molecule has 0 aromatic carbocycles. The molecule has 2 aromatic rings. The van der Waals surface area contributed by atoms with Crippen molar-refractivity contribution in [2.45, 2.75) is 19.0 Å². The van der Waals surface area contributed by atoms with Gasteiger partial charge in [0.25, 0.3) is 5.91 Å².